The van der Waals surface area contributed by atoms with Gasteiger partial charge in [0.15, 0.2) is 0 Å². The van der Waals surface area contributed by atoms with Crippen molar-refractivity contribution in [3.8, 4) is 22.3 Å². The highest BCUT2D eigenvalue weighted by Gasteiger charge is 2.17. The lowest BCUT2D eigenvalue weighted by atomic mass is 9.90. The van der Waals surface area contributed by atoms with Crippen LogP contribution in [-0.2, 0) is 19.5 Å². The molecule has 0 aliphatic carbocycles. The van der Waals surface area contributed by atoms with Crippen LogP contribution in [0.3, 0.4) is 0 Å². The molecule has 1 N–H and O–H groups in total. The number of thiophene rings is 2. The van der Waals surface area contributed by atoms with Gasteiger partial charge < -0.3 is 9.83 Å². The van der Waals surface area contributed by atoms with Crippen molar-refractivity contribution in [2.24, 2.45) is 9.98 Å². The van der Waals surface area contributed by atoms with Gasteiger partial charge in [-0.25, -0.2) is 0 Å². The van der Waals surface area contributed by atoms with Crippen LogP contribution in [0.5, 0.6) is 0 Å². The Labute approximate surface area is 442 Å². The highest BCUT2D eigenvalue weighted by atomic mass is 32.1. The summed E-state index contributed by atoms with van der Waals surface area (Å²) in [5.74, 6) is 0. The normalized spacial score (nSPS) is 11.3. The monoisotopic (exact) mass is 997 g/mol. The third kappa shape index (κ3) is 9.70. The number of aryl methyl sites for hydroxylation is 1. The Balaban J connectivity index is 0.000000461. The van der Waals surface area contributed by atoms with E-state index in [4.69, 9.17) is 14.8 Å². The molecule has 74 heavy (non-hydrogen) atoms. The van der Waals surface area contributed by atoms with Crippen LogP contribution in [0.25, 0.3) is 114 Å². The zero-order valence-corrected chi connectivity index (χ0v) is 44.2. The molecular formula is C68H59N3OS2. The molecule has 12 rings (SSSR count). The molecule has 3 heterocycles. The first-order valence-corrected chi connectivity index (χ1v) is 26.7. The number of furan rings is 1. The number of aliphatic imine (C=N–C) groups is 2. The summed E-state index contributed by atoms with van der Waals surface area (Å²) in [6.07, 6.45) is 11.3. The largest absolute Gasteiger partial charge is 0.456 e. The number of fused-ring (bicyclic) bond motifs is 10. The standard InChI is InChI=1S/C57H41NOS2.C8H9N.C2H6.CH3N/c1-5-13-52-41(8-4)46-25-21-35(30-54(46)60-52)36-22-26-47-55(31-36)61-53-19-12-17-42(57(47)53)37-23-27-50-49(29-37)56-38(14-11-18-51(56)59-50)33-58-32-34-20-24-45-40(7-3)39(6-2)43-15-9-10-16-44(43)48(45)28-34;1-9-7-8-5-3-2-4-6-8;2*1-2/h5-7,9-31,33H,2-3,8,32H2,1,4H3;2-6H,1,7H2;1-2H3;2H,1H2/b13-5-,58-33?;;;. The third-order valence-corrected chi connectivity index (χ3v) is 15.7. The first-order valence-electron chi connectivity index (χ1n) is 25.1. The summed E-state index contributed by atoms with van der Waals surface area (Å²) < 4.78 is 10.4. The van der Waals surface area contributed by atoms with Gasteiger partial charge in [0, 0.05) is 52.3 Å². The second kappa shape index (κ2) is 23.1. The summed E-state index contributed by atoms with van der Waals surface area (Å²) in [7, 11) is 0. The van der Waals surface area contributed by atoms with Gasteiger partial charge in [-0.05, 0) is 152 Å². The zero-order valence-electron chi connectivity index (χ0n) is 42.5. The quantitative estimate of drug-likeness (QED) is 0.102. The van der Waals surface area contributed by atoms with E-state index in [1.54, 1.807) is 0 Å². The molecule has 12 aromatic rings. The van der Waals surface area contributed by atoms with Crippen LogP contribution in [0.1, 0.15) is 66.0 Å². The zero-order chi connectivity index (χ0) is 51.7. The molecule has 9 aromatic carbocycles. The SMILES string of the molecule is C=Cc1c(C=C)c2ccc(CN=Cc3cccc4oc5ccc(-c6cccc7sc8cc(-c9ccc%10c(CC)c(/C=C\C)sc%10c9)ccc8c67)cc5c34)cc2c2ccccc12.C=N.C=NCc1ccccc1.CC. The van der Waals surface area contributed by atoms with Crippen LogP contribution in [0, 0.1) is 5.41 Å². The number of nitrogens with zero attached hydrogens (tertiary/aromatic N) is 2. The molecular weight excluding hydrogens is 939 g/mol. The minimum atomic E-state index is 0.559. The molecule has 4 nitrogen and oxygen atoms in total. The second-order valence-electron chi connectivity index (χ2n) is 17.5. The van der Waals surface area contributed by atoms with Crippen molar-refractivity contribution >= 4 is 134 Å². The van der Waals surface area contributed by atoms with E-state index in [1.165, 1.54) is 90.1 Å². The molecule has 0 spiro atoms. The van der Waals surface area contributed by atoms with E-state index >= 15 is 0 Å². The van der Waals surface area contributed by atoms with Crippen molar-refractivity contribution < 1.29 is 4.42 Å². The molecule has 0 amide bonds. The van der Waals surface area contributed by atoms with E-state index in [0.29, 0.717) is 6.54 Å². The molecule has 0 atom stereocenters. The molecule has 0 unspecified atom stereocenters. The molecule has 0 radical (unpaired) electrons. The Hall–Kier alpha value is -8.29. The van der Waals surface area contributed by atoms with Gasteiger partial charge in [0.2, 0.25) is 0 Å². The summed E-state index contributed by atoms with van der Waals surface area (Å²) in [5, 5.41) is 16.4. The van der Waals surface area contributed by atoms with Crippen LogP contribution in [-0.4, -0.2) is 19.6 Å². The number of hydrogen-bond donors (Lipinski definition) is 1. The van der Waals surface area contributed by atoms with Crippen LogP contribution in [0.15, 0.2) is 197 Å². The van der Waals surface area contributed by atoms with Gasteiger partial charge in [-0.2, -0.15) is 0 Å². The van der Waals surface area contributed by atoms with Crippen molar-refractivity contribution in [2.75, 3.05) is 0 Å². The fourth-order valence-electron chi connectivity index (χ4n) is 10.2. The topological polar surface area (TPSA) is 61.7 Å². The van der Waals surface area contributed by atoms with E-state index in [0.717, 1.165) is 57.2 Å². The Morgan fingerprint density at radius 3 is 1.92 bits per heavy atom. The van der Waals surface area contributed by atoms with Crippen molar-refractivity contribution in [3.63, 3.8) is 0 Å². The Morgan fingerprint density at radius 1 is 0.541 bits per heavy atom. The Kier molecular flexibility index (Phi) is 15.8. The summed E-state index contributed by atoms with van der Waals surface area (Å²) >= 11 is 3.76. The molecule has 0 fully saturated rings. The van der Waals surface area contributed by atoms with Crippen molar-refractivity contribution in [1.29, 1.82) is 5.41 Å². The summed E-state index contributed by atoms with van der Waals surface area (Å²) in [4.78, 5) is 10.1. The first-order chi connectivity index (χ1) is 36.5. The maximum Gasteiger partial charge on any atom is 0.136 e. The number of nitrogens with one attached hydrogen (secondary N) is 1. The van der Waals surface area contributed by atoms with Gasteiger partial charge in [0.25, 0.3) is 0 Å². The van der Waals surface area contributed by atoms with E-state index in [-0.39, 0.29) is 0 Å². The van der Waals surface area contributed by atoms with Crippen molar-refractivity contribution in [1.82, 2.24) is 0 Å². The van der Waals surface area contributed by atoms with Gasteiger partial charge in [-0.3, -0.25) is 9.98 Å². The molecule has 0 aliphatic heterocycles. The predicted molar refractivity (Wildman–Crippen MR) is 331 cm³/mol. The Bertz CT molecular complexity index is 4090. The number of hydrogen-bond acceptors (Lipinski definition) is 6. The maximum atomic E-state index is 6.45. The smallest absolute Gasteiger partial charge is 0.136 e. The number of rotatable bonds is 11. The lowest BCUT2D eigenvalue weighted by molar-refractivity contribution is 0.669. The van der Waals surface area contributed by atoms with E-state index in [1.807, 2.05) is 85.2 Å². The Morgan fingerprint density at radius 2 is 1.20 bits per heavy atom. The molecule has 0 aliphatic rings. The van der Waals surface area contributed by atoms with Crippen molar-refractivity contribution in [2.45, 2.75) is 47.2 Å². The van der Waals surface area contributed by atoms with Crippen LogP contribution < -0.4 is 0 Å². The van der Waals surface area contributed by atoms with Gasteiger partial charge >= 0.3 is 0 Å². The van der Waals surface area contributed by atoms with Crippen molar-refractivity contribution in [3.05, 3.63) is 221 Å². The minimum Gasteiger partial charge on any atom is -0.456 e. The number of benzene rings is 9. The predicted octanol–water partition coefficient (Wildman–Crippen LogP) is 20.5. The van der Waals surface area contributed by atoms with Gasteiger partial charge in [0.1, 0.15) is 11.2 Å². The highest BCUT2D eigenvalue weighted by Crippen LogP contribution is 2.44. The number of allylic oxidation sites excluding steroid dienone is 1. The molecule has 0 saturated carbocycles. The molecule has 6 heteroatoms. The maximum absolute atomic E-state index is 6.45. The minimum absolute atomic E-state index is 0.559. The lowest BCUT2D eigenvalue weighted by Gasteiger charge is -2.13. The molecule has 0 bridgehead atoms. The van der Waals surface area contributed by atoms with Gasteiger partial charge in [0.05, 0.1) is 13.1 Å². The van der Waals surface area contributed by atoms with Gasteiger partial charge in [-0.1, -0.05) is 173 Å². The molecule has 3 aromatic heterocycles. The third-order valence-electron chi connectivity index (χ3n) is 13.4. The summed E-state index contributed by atoms with van der Waals surface area (Å²) in [6, 6.07) is 58.8. The average Bonchev–Trinajstić information content (AvgIpc) is 4.15. The van der Waals surface area contributed by atoms with E-state index < -0.39 is 0 Å². The van der Waals surface area contributed by atoms with Crippen LogP contribution in [0.4, 0.5) is 0 Å². The highest BCUT2D eigenvalue weighted by molar-refractivity contribution is 7.26. The van der Waals surface area contributed by atoms with Crippen LogP contribution in [0.2, 0.25) is 0 Å². The second-order valence-corrected chi connectivity index (χ2v) is 19.7. The van der Waals surface area contributed by atoms with E-state index in [9.17, 15) is 0 Å². The molecule has 364 valence electrons. The lowest BCUT2D eigenvalue weighted by Crippen LogP contribution is -1.91. The average molecular weight is 998 g/mol. The van der Waals surface area contributed by atoms with Crippen LogP contribution >= 0.6 is 22.7 Å². The first kappa shape index (κ1) is 50.6. The van der Waals surface area contributed by atoms with E-state index in [2.05, 4.69) is 191 Å². The van der Waals surface area contributed by atoms with Gasteiger partial charge in [-0.15, -0.1) is 22.7 Å². The molecule has 0 saturated heterocycles. The fourth-order valence-corrected chi connectivity index (χ4v) is 12.6. The summed E-state index contributed by atoms with van der Waals surface area (Å²) in [6.45, 7) is 23.8. The fraction of sp³-hybridized carbons (Fsp3) is 0.103. The summed E-state index contributed by atoms with van der Waals surface area (Å²) in [5.41, 5.74) is 13.7.